The second kappa shape index (κ2) is 8.79. The van der Waals surface area contributed by atoms with Gasteiger partial charge in [-0.3, -0.25) is 4.79 Å². The number of nitrogens with zero attached hydrogens (tertiary/aromatic N) is 7. The molecule has 1 aliphatic heterocycles. The highest BCUT2D eigenvalue weighted by Gasteiger charge is 2.17. The van der Waals surface area contributed by atoms with E-state index in [4.69, 9.17) is 0 Å². The molecule has 140 valence electrons. The molecule has 0 aliphatic carbocycles. The summed E-state index contributed by atoms with van der Waals surface area (Å²) in [5.74, 6) is 1.33. The molecule has 3 rings (SSSR count). The first-order valence-electron chi connectivity index (χ1n) is 8.50. The van der Waals surface area contributed by atoms with Crippen molar-refractivity contribution in [2.45, 2.75) is 30.8 Å². The molecule has 0 unspecified atom stereocenters. The molecule has 1 aliphatic rings. The maximum absolute atomic E-state index is 11.2. The van der Waals surface area contributed by atoms with Gasteiger partial charge in [-0.15, -0.1) is 5.10 Å². The van der Waals surface area contributed by atoms with Crippen molar-refractivity contribution >= 4 is 29.6 Å². The fourth-order valence-electron chi connectivity index (χ4n) is 2.57. The van der Waals surface area contributed by atoms with Crippen LogP contribution in [0.2, 0.25) is 0 Å². The lowest BCUT2D eigenvalue weighted by atomic mass is 10.2. The zero-order valence-electron chi connectivity index (χ0n) is 14.9. The third-order valence-electron chi connectivity index (χ3n) is 3.95. The molecular weight excluding hydrogens is 356 g/mol. The van der Waals surface area contributed by atoms with Crippen LogP contribution >= 0.6 is 11.8 Å². The van der Waals surface area contributed by atoms with Gasteiger partial charge in [0.05, 0.1) is 12.9 Å². The maximum Gasteiger partial charge on any atom is 0.316 e. The predicted octanol–water partition coefficient (Wildman–Crippen LogP) is 1.14. The number of anilines is 2. The Kier molecular flexibility index (Phi) is 6.21. The van der Waals surface area contributed by atoms with Gasteiger partial charge in [0.25, 0.3) is 5.95 Å². The van der Waals surface area contributed by atoms with Crippen LogP contribution < -0.4 is 10.2 Å². The van der Waals surface area contributed by atoms with Gasteiger partial charge in [0.2, 0.25) is 17.1 Å². The molecule has 10 nitrogen and oxygen atoms in total. The molecule has 0 spiro atoms. The van der Waals surface area contributed by atoms with Crippen molar-refractivity contribution in [2.24, 2.45) is 0 Å². The van der Waals surface area contributed by atoms with Crippen LogP contribution in [0.1, 0.15) is 25.7 Å². The van der Waals surface area contributed by atoms with E-state index in [1.54, 1.807) is 7.05 Å². The quantitative estimate of drug-likeness (QED) is 0.580. The minimum absolute atomic E-state index is 0.151. The molecule has 1 fully saturated rings. The number of esters is 1. The number of methoxy groups -OCH3 is 1. The Hall–Kier alpha value is -2.43. The second-order valence-corrected chi connectivity index (χ2v) is 6.69. The van der Waals surface area contributed by atoms with Crippen LogP contribution in [0.15, 0.2) is 11.5 Å². The Morgan fingerprint density at radius 2 is 1.92 bits per heavy atom. The first-order chi connectivity index (χ1) is 12.7. The SMILES string of the molecule is CNc1nc(N2CCCCCC2)nc(-n2cnc(SCC(=O)OC)n2)n1. The van der Waals surface area contributed by atoms with Crippen molar-refractivity contribution in [1.82, 2.24) is 29.7 Å². The van der Waals surface area contributed by atoms with Crippen LogP contribution in [0.25, 0.3) is 5.95 Å². The van der Waals surface area contributed by atoms with Gasteiger partial charge in [-0.1, -0.05) is 24.6 Å². The van der Waals surface area contributed by atoms with Crippen molar-refractivity contribution in [2.75, 3.05) is 43.2 Å². The highest BCUT2D eigenvalue weighted by Crippen LogP contribution is 2.19. The fraction of sp³-hybridized carbons (Fsp3) is 0.600. The molecule has 0 atom stereocenters. The zero-order chi connectivity index (χ0) is 18.4. The van der Waals surface area contributed by atoms with Crippen molar-refractivity contribution in [3.05, 3.63) is 6.33 Å². The lowest BCUT2D eigenvalue weighted by molar-refractivity contribution is -0.137. The third-order valence-corrected chi connectivity index (χ3v) is 4.77. The van der Waals surface area contributed by atoms with E-state index in [2.05, 4.69) is 40.0 Å². The molecule has 0 amide bonds. The lowest BCUT2D eigenvalue weighted by Crippen LogP contribution is -2.27. The number of rotatable bonds is 6. The van der Waals surface area contributed by atoms with Crippen LogP contribution in [0.5, 0.6) is 0 Å². The fourth-order valence-corrected chi connectivity index (χ4v) is 3.21. The average Bonchev–Trinajstić information content (AvgIpc) is 2.98. The second-order valence-electron chi connectivity index (χ2n) is 5.75. The van der Waals surface area contributed by atoms with Crippen molar-refractivity contribution in [3.63, 3.8) is 0 Å². The number of ether oxygens (including phenoxy) is 1. The minimum Gasteiger partial charge on any atom is -0.468 e. The molecule has 1 saturated heterocycles. The zero-order valence-corrected chi connectivity index (χ0v) is 15.7. The summed E-state index contributed by atoms with van der Waals surface area (Å²) in [6.07, 6.45) is 6.26. The molecule has 2 aromatic heterocycles. The summed E-state index contributed by atoms with van der Waals surface area (Å²) < 4.78 is 6.11. The number of hydrogen-bond acceptors (Lipinski definition) is 10. The molecule has 11 heteroatoms. The summed E-state index contributed by atoms with van der Waals surface area (Å²) in [4.78, 5) is 31.0. The first kappa shape index (κ1) is 18.4. The largest absolute Gasteiger partial charge is 0.468 e. The van der Waals surface area contributed by atoms with Gasteiger partial charge >= 0.3 is 5.97 Å². The van der Waals surface area contributed by atoms with Crippen LogP contribution in [-0.2, 0) is 9.53 Å². The van der Waals surface area contributed by atoms with E-state index in [-0.39, 0.29) is 11.7 Å². The number of aromatic nitrogens is 6. The van der Waals surface area contributed by atoms with Crippen LogP contribution in [0.3, 0.4) is 0 Å². The van der Waals surface area contributed by atoms with E-state index in [0.717, 1.165) is 25.9 Å². The number of nitrogens with one attached hydrogen (secondary N) is 1. The molecule has 3 heterocycles. The van der Waals surface area contributed by atoms with Gasteiger partial charge in [0.1, 0.15) is 6.33 Å². The van der Waals surface area contributed by atoms with Gasteiger partial charge in [0.15, 0.2) is 0 Å². The molecule has 0 saturated carbocycles. The van der Waals surface area contributed by atoms with Gasteiger partial charge < -0.3 is 15.0 Å². The molecule has 2 aromatic rings. The van der Waals surface area contributed by atoms with E-state index in [0.29, 0.717) is 23.0 Å². The van der Waals surface area contributed by atoms with Crippen LogP contribution in [-0.4, -0.2) is 68.7 Å². The summed E-state index contributed by atoms with van der Waals surface area (Å²) in [5.41, 5.74) is 0. The maximum atomic E-state index is 11.2. The van der Waals surface area contributed by atoms with E-state index in [9.17, 15) is 4.79 Å². The van der Waals surface area contributed by atoms with Crippen LogP contribution in [0, 0.1) is 0 Å². The number of thioether (sulfide) groups is 1. The Balaban J connectivity index is 1.81. The smallest absolute Gasteiger partial charge is 0.316 e. The standard InChI is InChI=1S/C15H22N8O2S/c1-16-12-18-13(22-7-5-3-4-6-8-22)20-14(19-12)23-10-17-15(21-23)26-9-11(24)25-2/h10H,3-9H2,1-2H3,(H,16,18,19,20). The number of hydrogen-bond donors (Lipinski definition) is 1. The summed E-state index contributed by atoms with van der Waals surface area (Å²) in [5, 5.41) is 7.76. The van der Waals surface area contributed by atoms with Gasteiger partial charge in [-0.25, -0.2) is 4.98 Å². The molecule has 0 bridgehead atoms. The number of carbonyl (C=O) groups excluding carboxylic acids is 1. The lowest BCUT2D eigenvalue weighted by Gasteiger charge is -2.20. The molecule has 1 N–H and O–H groups in total. The Morgan fingerprint density at radius 3 is 2.62 bits per heavy atom. The third kappa shape index (κ3) is 4.59. The highest BCUT2D eigenvalue weighted by atomic mass is 32.2. The van der Waals surface area contributed by atoms with Gasteiger partial charge in [0, 0.05) is 20.1 Å². The predicted molar refractivity (Wildman–Crippen MR) is 97.7 cm³/mol. The van der Waals surface area contributed by atoms with E-state index < -0.39 is 0 Å². The van der Waals surface area contributed by atoms with E-state index in [1.807, 2.05) is 0 Å². The normalized spacial score (nSPS) is 14.8. The minimum atomic E-state index is -0.326. The Bertz CT molecular complexity index is 745. The monoisotopic (exact) mass is 378 g/mol. The van der Waals surface area contributed by atoms with Gasteiger partial charge in [-0.05, 0) is 12.8 Å². The summed E-state index contributed by atoms with van der Waals surface area (Å²) >= 11 is 1.20. The summed E-state index contributed by atoms with van der Waals surface area (Å²) in [7, 11) is 3.12. The van der Waals surface area contributed by atoms with E-state index in [1.165, 1.54) is 42.7 Å². The molecule has 0 aromatic carbocycles. The van der Waals surface area contributed by atoms with Crippen molar-refractivity contribution in [3.8, 4) is 5.95 Å². The molecule has 0 radical (unpaired) electrons. The average molecular weight is 378 g/mol. The summed E-state index contributed by atoms with van der Waals surface area (Å²) in [6.45, 7) is 1.87. The molecule has 26 heavy (non-hydrogen) atoms. The van der Waals surface area contributed by atoms with Gasteiger partial charge in [-0.2, -0.15) is 19.6 Å². The topological polar surface area (TPSA) is 111 Å². The van der Waals surface area contributed by atoms with Crippen molar-refractivity contribution < 1.29 is 9.53 Å². The Morgan fingerprint density at radius 1 is 1.19 bits per heavy atom. The van der Waals surface area contributed by atoms with Crippen molar-refractivity contribution in [1.29, 1.82) is 0 Å². The van der Waals surface area contributed by atoms with E-state index >= 15 is 0 Å². The first-order valence-corrected chi connectivity index (χ1v) is 9.48. The number of carbonyl (C=O) groups is 1. The Labute approximate surface area is 155 Å². The van der Waals surface area contributed by atoms with Crippen LogP contribution in [0.4, 0.5) is 11.9 Å². The highest BCUT2D eigenvalue weighted by molar-refractivity contribution is 7.99. The summed E-state index contributed by atoms with van der Waals surface area (Å²) in [6, 6.07) is 0. The molecular formula is C15H22N8O2S.